The third-order valence-corrected chi connectivity index (χ3v) is 4.73. The van der Waals surface area contributed by atoms with Crippen molar-refractivity contribution >= 4 is 16.7 Å². The molecule has 2 fully saturated rings. The molecule has 1 N–H and O–H groups in total. The summed E-state index contributed by atoms with van der Waals surface area (Å²) in [6.45, 7) is 5.73. The van der Waals surface area contributed by atoms with Crippen LogP contribution in [-0.4, -0.2) is 35.6 Å². The minimum Gasteiger partial charge on any atom is -0.353 e. The molecule has 0 aliphatic carbocycles. The summed E-state index contributed by atoms with van der Waals surface area (Å²) in [6.07, 6.45) is 1.69. The predicted octanol–water partition coefficient (Wildman–Crippen LogP) is 1.67. The van der Waals surface area contributed by atoms with Crippen LogP contribution in [0.4, 0.5) is 5.82 Å². The molecule has 2 aromatic rings. The number of hydrogen-bond acceptors (Lipinski definition) is 4. The summed E-state index contributed by atoms with van der Waals surface area (Å²) in [4.78, 5) is 11.4. The molecule has 3 unspecified atom stereocenters. The van der Waals surface area contributed by atoms with E-state index in [1.807, 2.05) is 6.07 Å². The largest absolute Gasteiger partial charge is 0.353 e. The maximum atomic E-state index is 4.56. The van der Waals surface area contributed by atoms with E-state index in [9.17, 15) is 0 Å². The summed E-state index contributed by atoms with van der Waals surface area (Å²) in [5.41, 5.74) is 1.04. The average Bonchev–Trinajstić information content (AvgIpc) is 3.02. The second-order valence-corrected chi connectivity index (χ2v) is 5.69. The molecule has 2 aliphatic rings. The first kappa shape index (κ1) is 11.2. The van der Waals surface area contributed by atoms with E-state index in [2.05, 4.69) is 45.3 Å². The van der Waals surface area contributed by atoms with E-state index in [1.165, 1.54) is 5.39 Å². The summed E-state index contributed by atoms with van der Waals surface area (Å²) in [5, 5.41) is 4.68. The lowest BCUT2D eigenvalue weighted by atomic mass is 9.95. The van der Waals surface area contributed by atoms with Crippen molar-refractivity contribution in [2.24, 2.45) is 11.8 Å². The Morgan fingerprint density at radius 3 is 3.00 bits per heavy atom. The fourth-order valence-corrected chi connectivity index (χ4v) is 3.67. The summed E-state index contributed by atoms with van der Waals surface area (Å²) >= 11 is 0. The van der Waals surface area contributed by atoms with Gasteiger partial charge in [-0.3, -0.25) is 0 Å². The van der Waals surface area contributed by atoms with Gasteiger partial charge in [-0.1, -0.05) is 12.1 Å². The van der Waals surface area contributed by atoms with E-state index in [-0.39, 0.29) is 0 Å². The molecular weight excluding hydrogens is 236 g/mol. The summed E-state index contributed by atoms with van der Waals surface area (Å²) in [7, 11) is 0. The Morgan fingerprint density at radius 2 is 2.11 bits per heavy atom. The Morgan fingerprint density at radius 1 is 1.21 bits per heavy atom. The SMILES string of the molecule is CC1C2CNCC2CN1c1ncnc2ccccc12. The monoisotopic (exact) mass is 254 g/mol. The standard InChI is InChI=1S/C15H18N4/c1-10-13-7-16-6-11(13)8-19(10)15-12-4-2-3-5-14(12)17-9-18-15/h2-5,9-11,13,16H,6-8H2,1H3. The van der Waals surface area contributed by atoms with Gasteiger partial charge in [-0.2, -0.15) is 0 Å². The summed E-state index contributed by atoms with van der Waals surface area (Å²) in [5.74, 6) is 2.63. The highest BCUT2D eigenvalue weighted by atomic mass is 15.3. The Bertz CT molecular complexity index is 607. The van der Waals surface area contributed by atoms with Gasteiger partial charge >= 0.3 is 0 Å². The number of hydrogen-bond donors (Lipinski definition) is 1. The van der Waals surface area contributed by atoms with Crippen LogP contribution >= 0.6 is 0 Å². The molecule has 3 atom stereocenters. The molecule has 4 heteroatoms. The second kappa shape index (κ2) is 4.17. The smallest absolute Gasteiger partial charge is 0.140 e. The summed E-state index contributed by atoms with van der Waals surface area (Å²) in [6, 6.07) is 8.84. The van der Waals surface area contributed by atoms with Crippen molar-refractivity contribution in [3.05, 3.63) is 30.6 Å². The molecule has 0 saturated carbocycles. The van der Waals surface area contributed by atoms with Gasteiger partial charge in [0.15, 0.2) is 0 Å². The maximum absolute atomic E-state index is 4.56. The fraction of sp³-hybridized carbons (Fsp3) is 0.467. The number of benzene rings is 1. The van der Waals surface area contributed by atoms with E-state index >= 15 is 0 Å². The first-order valence-electron chi connectivity index (χ1n) is 7.01. The Kier molecular flexibility index (Phi) is 2.45. The predicted molar refractivity (Wildman–Crippen MR) is 76.2 cm³/mol. The van der Waals surface area contributed by atoms with Crippen molar-refractivity contribution in [1.82, 2.24) is 15.3 Å². The molecule has 2 aliphatic heterocycles. The van der Waals surface area contributed by atoms with E-state index in [1.54, 1.807) is 6.33 Å². The number of anilines is 1. The highest BCUT2D eigenvalue weighted by molar-refractivity contribution is 5.89. The molecule has 3 heterocycles. The lowest BCUT2D eigenvalue weighted by Gasteiger charge is -2.26. The number of para-hydroxylation sites is 1. The van der Waals surface area contributed by atoms with E-state index in [0.717, 1.165) is 42.8 Å². The van der Waals surface area contributed by atoms with Gasteiger partial charge in [0.25, 0.3) is 0 Å². The van der Waals surface area contributed by atoms with Gasteiger partial charge in [-0.25, -0.2) is 9.97 Å². The number of rotatable bonds is 1. The number of aromatic nitrogens is 2. The minimum absolute atomic E-state index is 0.554. The Balaban J connectivity index is 1.79. The Hall–Kier alpha value is -1.68. The molecule has 0 bridgehead atoms. The highest BCUT2D eigenvalue weighted by Crippen LogP contribution is 2.37. The van der Waals surface area contributed by atoms with Crippen molar-refractivity contribution in [2.75, 3.05) is 24.5 Å². The molecule has 4 nitrogen and oxygen atoms in total. The molecule has 1 aromatic heterocycles. The molecule has 2 saturated heterocycles. The fourth-order valence-electron chi connectivity index (χ4n) is 3.67. The van der Waals surface area contributed by atoms with Crippen molar-refractivity contribution in [3.8, 4) is 0 Å². The van der Waals surface area contributed by atoms with E-state index < -0.39 is 0 Å². The lowest BCUT2D eigenvalue weighted by Crippen LogP contribution is -2.33. The number of nitrogens with zero attached hydrogens (tertiary/aromatic N) is 3. The first-order chi connectivity index (χ1) is 9.34. The number of fused-ring (bicyclic) bond motifs is 2. The molecule has 0 amide bonds. The quantitative estimate of drug-likeness (QED) is 0.840. The van der Waals surface area contributed by atoms with Crippen molar-refractivity contribution in [3.63, 3.8) is 0 Å². The zero-order valence-corrected chi connectivity index (χ0v) is 11.1. The minimum atomic E-state index is 0.554. The average molecular weight is 254 g/mol. The van der Waals surface area contributed by atoms with Crippen LogP contribution in [0.3, 0.4) is 0 Å². The van der Waals surface area contributed by atoms with Gasteiger partial charge in [0.1, 0.15) is 12.1 Å². The zero-order valence-electron chi connectivity index (χ0n) is 11.1. The lowest BCUT2D eigenvalue weighted by molar-refractivity contribution is 0.471. The maximum Gasteiger partial charge on any atom is 0.140 e. The van der Waals surface area contributed by atoms with Crippen molar-refractivity contribution < 1.29 is 0 Å². The van der Waals surface area contributed by atoms with Gasteiger partial charge in [0.2, 0.25) is 0 Å². The van der Waals surface area contributed by atoms with Gasteiger partial charge in [-0.15, -0.1) is 0 Å². The van der Waals surface area contributed by atoms with Crippen LogP contribution in [0, 0.1) is 11.8 Å². The van der Waals surface area contributed by atoms with Crippen molar-refractivity contribution in [1.29, 1.82) is 0 Å². The van der Waals surface area contributed by atoms with Gasteiger partial charge in [0, 0.05) is 31.1 Å². The van der Waals surface area contributed by atoms with Crippen LogP contribution in [0.25, 0.3) is 10.9 Å². The molecule has 98 valence electrons. The zero-order chi connectivity index (χ0) is 12.8. The second-order valence-electron chi connectivity index (χ2n) is 5.69. The molecule has 4 rings (SSSR count). The number of nitrogens with one attached hydrogen (secondary N) is 1. The first-order valence-corrected chi connectivity index (χ1v) is 7.01. The van der Waals surface area contributed by atoms with Gasteiger partial charge in [0.05, 0.1) is 5.52 Å². The topological polar surface area (TPSA) is 41.0 Å². The van der Waals surface area contributed by atoms with Crippen LogP contribution in [0.2, 0.25) is 0 Å². The van der Waals surface area contributed by atoms with Gasteiger partial charge < -0.3 is 10.2 Å². The molecule has 0 spiro atoms. The normalized spacial score (nSPS) is 29.9. The summed E-state index contributed by atoms with van der Waals surface area (Å²) < 4.78 is 0. The third kappa shape index (κ3) is 1.63. The molecule has 1 aromatic carbocycles. The van der Waals surface area contributed by atoms with Crippen LogP contribution in [-0.2, 0) is 0 Å². The van der Waals surface area contributed by atoms with Crippen LogP contribution in [0.1, 0.15) is 6.92 Å². The highest BCUT2D eigenvalue weighted by Gasteiger charge is 2.42. The van der Waals surface area contributed by atoms with E-state index in [0.29, 0.717) is 6.04 Å². The van der Waals surface area contributed by atoms with Crippen LogP contribution in [0.5, 0.6) is 0 Å². The third-order valence-electron chi connectivity index (χ3n) is 4.73. The van der Waals surface area contributed by atoms with Crippen LogP contribution < -0.4 is 10.2 Å². The molecule has 19 heavy (non-hydrogen) atoms. The molecular formula is C15H18N4. The Labute approximate surface area is 112 Å². The molecule has 0 radical (unpaired) electrons. The van der Waals surface area contributed by atoms with Crippen LogP contribution in [0.15, 0.2) is 30.6 Å². The van der Waals surface area contributed by atoms with E-state index in [4.69, 9.17) is 0 Å². The van der Waals surface area contributed by atoms with Crippen molar-refractivity contribution in [2.45, 2.75) is 13.0 Å². The van der Waals surface area contributed by atoms with Gasteiger partial charge in [-0.05, 0) is 30.9 Å².